The van der Waals surface area contributed by atoms with Crippen LogP contribution in [-0.2, 0) is 0 Å². The number of aromatic nitrogens is 1. The third-order valence-corrected chi connectivity index (χ3v) is 2.53. The first-order chi connectivity index (χ1) is 6.79. The largest absolute Gasteiger partial charge is 0.394 e. The molecule has 3 nitrogen and oxygen atoms in total. The third kappa shape index (κ3) is 2.30. The summed E-state index contributed by atoms with van der Waals surface area (Å²) in [5.41, 5.74) is 2.09. The highest BCUT2D eigenvalue weighted by Gasteiger charge is 2.24. The molecule has 1 aromatic rings. The summed E-state index contributed by atoms with van der Waals surface area (Å²) in [5, 5.41) is 12.6. The van der Waals surface area contributed by atoms with Crippen molar-refractivity contribution in [1.29, 1.82) is 0 Å². The summed E-state index contributed by atoms with van der Waals surface area (Å²) in [6, 6.07) is 4.66. The van der Waals surface area contributed by atoms with Crippen LogP contribution in [0, 0.1) is 6.92 Å². The Hall–Kier alpha value is -0.930. The number of aliphatic hydroxyl groups excluding tert-OH is 1. The van der Waals surface area contributed by atoms with Crippen LogP contribution in [0.3, 0.4) is 0 Å². The average molecular weight is 192 g/mol. The Balaban J connectivity index is 2.05. The van der Waals surface area contributed by atoms with Crippen LogP contribution in [0.4, 0.5) is 0 Å². The number of rotatable bonds is 4. The van der Waals surface area contributed by atoms with Gasteiger partial charge in [0.15, 0.2) is 0 Å². The Kier molecular flexibility index (Phi) is 2.79. The number of nitrogens with zero attached hydrogens (tertiary/aromatic N) is 1. The van der Waals surface area contributed by atoms with Gasteiger partial charge in [-0.3, -0.25) is 4.98 Å². The highest BCUT2D eigenvalue weighted by molar-refractivity contribution is 5.17. The molecule has 1 unspecified atom stereocenters. The third-order valence-electron chi connectivity index (χ3n) is 2.53. The second-order valence-electron chi connectivity index (χ2n) is 3.91. The Morgan fingerprint density at radius 1 is 1.57 bits per heavy atom. The minimum atomic E-state index is 0.0515. The van der Waals surface area contributed by atoms with E-state index in [4.69, 9.17) is 0 Å². The van der Waals surface area contributed by atoms with E-state index >= 15 is 0 Å². The summed E-state index contributed by atoms with van der Waals surface area (Å²) in [6.45, 7) is 2.10. The van der Waals surface area contributed by atoms with Gasteiger partial charge in [-0.25, -0.2) is 0 Å². The summed E-state index contributed by atoms with van der Waals surface area (Å²) in [4.78, 5) is 4.22. The molecule has 1 aliphatic carbocycles. The summed E-state index contributed by atoms with van der Waals surface area (Å²) < 4.78 is 0. The van der Waals surface area contributed by atoms with Crippen molar-refractivity contribution in [3.05, 3.63) is 29.6 Å². The number of pyridine rings is 1. The van der Waals surface area contributed by atoms with E-state index in [2.05, 4.69) is 10.3 Å². The molecule has 1 aliphatic rings. The van der Waals surface area contributed by atoms with E-state index in [1.54, 1.807) is 0 Å². The number of hydrogen-bond donors (Lipinski definition) is 2. The van der Waals surface area contributed by atoms with Crippen molar-refractivity contribution < 1.29 is 5.11 Å². The van der Waals surface area contributed by atoms with Gasteiger partial charge >= 0.3 is 0 Å². The second kappa shape index (κ2) is 4.07. The smallest absolute Gasteiger partial charge is 0.0627 e. The van der Waals surface area contributed by atoms with Crippen molar-refractivity contribution >= 4 is 0 Å². The lowest BCUT2D eigenvalue weighted by molar-refractivity contribution is 0.243. The molecule has 2 rings (SSSR count). The quantitative estimate of drug-likeness (QED) is 0.753. The molecule has 14 heavy (non-hydrogen) atoms. The Bertz CT molecular complexity index is 293. The van der Waals surface area contributed by atoms with Gasteiger partial charge in [-0.2, -0.15) is 0 Å². The topological polar surface area (TPSA) is 45.1 Å². The van der Waals surface area contributed by atoms with Crippen LogP contribution in [0.5, 0.6) is 0 Å². The molecular formula is C11H16N2O. The fourth-order valence-corrected chi connectivity index (χ4v) is 1.47. The lowest BCUT2D eigenvalue weighted by atomic mass is 10.1. The maximum Gasteiger partial charge on any atom is 0.0627 e. The highest BCUT2D eigenvalue weighted by Crippen LogP contribution is 2.23. The minimum absolute atomic E-state index is 0.0515. The fraction of sp³-hybridized carbons (Fsp3) is 0.545. The highest BCUT2D eigenvalue weighted by atomic mass is 16.3. The molecule has 0 spiro atoms. The monoisotopic (exact) mass is 192 g/mol. The van der Waals surface area contributed by atoms with Gasteiger partial charge in [0.1, 0.15) is 0 Å². The molecule has 0 bridgehead atoms. The first-order valence-corrected chi connectivity index (χ1v) is 5.09. The van der Waals surface area contributed by atoms with Gasteiger partial charge in [0.05, 0.1) is 12.6 Å². The van der Waals surface area contributed by atoms with Crippen molar-refractivity contribution in [2.75, 3.05) is 6.61 Å². The molecule has 76 valence electrons. The number of hydrogen-bond acceptors (Lipinski definition) is 3. The lowest BCUT2D eigenvalue weighted by Crippen LogP contribution is -2.26. The lowest BCUT2D eigenvalue weighted by Gasteiger charge is -2.15. The first kappa shape index (κ1) is 9.62. The maximum absolute atomic E-state index is 9.24. The van der Waals surface area contributed by atoms with Crippen LogP contribution in [0.25, 0.3) is 0 Å². The molecule has 1 heterocycles. The molecule has 3 heteroatoms. The molecule has 0 amide bonds. The van der Waals surface area contributed by atoms with E-state index in [0.717, 1.165) is 11.3 Å². The maximum atomic E-state index is 9.24. The van der Waals surface area contributed by atoms with Gasteiger partial charge in [0.2, 0.25) is 0 Å². The molecule has 1 saturated carbocycles. The number of nitrogens with one attached hydrogen (secondary N) is 1. The average Bonchev–Trinajstić information content (AvgIpc) is 3.00. The molecule has 0 saturated heterocycles. The van der Waals surface area contributed by atoms with Gasteiger partial charge in [0.25, 0.3) is 0 Å². The van der Waals surface area contributed by atoms with E-state index in [9.17, 15) is 5.11 Å². The van der Waals surface area contributed by atoms with Crippen LogP contribution in [-0.4, -0.2) is 22.7 Å². The SMILES string of the molecule is Cc1ccc(C(CO)NC2CC2)cn1. The fourth-order valence-electron chi connectivity index (χ4n) is 1.47. The van der Waals surface area contributed by atoms with Crippen LogP contribution in [0.2, 0.25) is 0 Å². The molecular weight excluding hydrogens is 176 g/mol. The number of aliphatic hydroxyl groups is 1. The van der Waals surface area contributed by atoms with Crippen LogP contribution in [0.15, 0.2) is 18.3 Å². The minimum Gasteiger partial charge on any atom is -0.394 e. The number of aryl methyl sites for hydroxylation is 1. The van der Waals surface area contributed by atoms with Crippen molar-refractivity contribution in [2.24, 2.45) is 0 Å². The molecule has 1 fully saturated rings. The molecule has 1 atom stereocenters. The first-order valence-electron chi connectivity index (χ1n) is 5.09. The zero-order valence-electron chi connectivity index (χ0n) is 8.40. The molecule has 1 aromatic heterocycles. The summed E-state index contributed by atoms with van der Waals surface area (Å²) in [6.07, 6.45) is 4.30. The van der Waals surface area contributed by atoms with Gasteiger partial charge in [-0.15, -0.1) is 0 Å². The van der Waals surface area contributed by atoms with E-state index in [1.807, 2.05) is 25.3 Å². The van der Waals surface area contributed by atoms with Crippen molar-refractivity contribution in [2.45, 2.75) is 31.8 Å². The van der Waals surface area contributed by atoms with E-state index in [0.29, 0.717) is 6.04 Å². The predicted octanol–water partition coefficient (Wildman–Crippen LogP) is 1.18. The normalized spacial score (nSPS) is 18.1. The Morgan fingerprint density at radius 2 is 2.36 bits per heavy atom. The zero-order valence-corrected chi connectivity index (χ0v) is 8.40. The molecule has 0 radical (unpaired) electrons. The summed E-state index contributed by atoms with van der Waals surface area (Å²) >= 11 is 0. The van der Waals surface area contributed by atoms with Crippen LogP contribution in [0.1, 0.15) is 30.1 Å². The summed E-state index contributed by atoms with van der Waals surface area (Å²) in [7, 11) is 0. The van der Waals surface area contributed by atoms with E-state index in [1.165, 1.54) is 12.8 Å². The van der Waals surface area contributed by atoms with Crippen molar-refractivity contribution in [1.82, 2.24) is 10.3 Å². The van der Waals surface area contributed by atoms with Crippen LogP contribution < -0.4 is 5.32 Å². The van der Waals surface area contributed by atoms with Gasteiger partial charge in [-0.05, 0) is 31.4 Å². The van der Waals surface area contributed by atoms with E-state index in [-0.39, 0.29) is 12.6 Å². The van der Waals surface area contributed by atoms with Crippen molar-refractivity contribution in [3.8, 4) is 0 Å². The standard InChI is InChI=1S/C11H16N2O/c1-8-2-3-9(6-12-8)11(7-14)13-10-4-5-10/h2-3,6,10-11,13-14H,4-5,7H2,1H3. The van der Waals surface area contributed by atoms with E-state index < -0.39 is 0 Å². The van der Waals surface area contributed by atoms with Gasteiger partial charge in [-0.1, -0.05) is 6.07 Å². The Morgan fingerprint density at radius 3 is 2.86 bits per heavy atom. The predicted molar refractivity (Wildman–Crippen MR) is 55.0 cm³/mol. The van der Waals surface area contributed by atoms with Crippen molar-refractivity contribution in [3.63, 3.8) is 0 Å². The van der Waals surface area contributed by atoms with Gasteiger partial charge in [0, 0.05) is 17.9 Å². The van der Waals surface area contributed by atoms with Crippen LogP contribution >= 0.6 is 0 Å². The molecule has 0 aromatic carbocycles. The summed E-state index contributed by atoms with van der Waals surface area (Å²) in [5.74, 6) is 0. The molecule has 0 aliphatic heterocycles. The zero-order chi connectivity index (χ0) is 9.97. The second-order valence-corrected chi connectivity index (χ2v) is 3.91. The molecule has 2 N–H and O–H groups in total. The van der Waals surface area contributed by atoms with Gasteiger partial charge < -0.3 is 10.4 Å². The Labute approximate surface area is 84.2 Å².